The van der Waals surface area contributed by atoms with Crippen molar-refractivity contribution in [2.24, 2.45) is 5.92 Å². The molecule has 4 fully saturated rings. The molecule has 2 aliphatic heterocycles. The van der Waals surface area contributed by atoms with Crippen LogP contribution >= 0.6 is 22.9 Å². The topological polar surface area (TPSA) is 206 Å². The molecular weight excluding hydrogens is 784 g/mol. The lowest BCUT2D eigenvalue weighted by Crippen LogP contribution is -2.58. The van der Waals surface area contributed by atoms with Crippen molar-refractivity contribution in [3.8, 4) is 22.2 Å². The van der Waals surface area contributed by atoms with Gasteiger partial charge in [-0.1, -0.05) is 36.6 Å². The molecule has 0 unspecified atom stereocenters. The van der Waals surface area contributed by atoms with Crippen molar-refractivity contribution in [3.05, 3.63) is 46.4 Å². The summed E-state index contributed by atoms with van der Waals surface area (Å²) in [6.45, 7) is -0.0839. The van der Waals surface area contributed by atoms with E-state index in [9.17, 15) is 32.7 Å². The lowest BCUT2D eigenvalue weighted by Gasteiger charge is -2.29. The zero-order valence-corrected chi connectivity index (χ0v) is 33.1. The number of nitrogens with one attached hydrogen (secondary N) is 3. The molecule has 1 saturated heterocycles. The van der Waals surface area contributed by atoms with Crippen LogP contribution in [0.4, 0.5) is 4.79 Å². The first-order chi connectivity index (χ1) is 26.9. The summed E-state index contributed by atoms with van der Waals surface area (Å²) in [7, 11) is -2.41. The second-order valence-electron chi connectivity index (χ2n) is 15.3. The Bertz CT molecular complexity index is 2220. The summed E-state index contributed by atoms with van der Waals surface area (Å²) in [6.07, 6.45) is 7.75. The van der Waals surface area contributed by atoms with E-state index in [2.05, 4.69) is 15.4 Å². The lowest BCUT2D eigenvalue weighted by atomic mass is 10.1. The number of benzene rings is 1. The van der Waals surface area contributed by atoms with Crippen LogP contribution in [-0.4, -0.2) is 94.8 Å². The van der Waals surface area contributed by atoms with E-state index in [4.69, 9.17) is 31.0 Å². The van der Waals surface area contributed by atoms with E-state index in [-0.39, 0.29) is 30.8 Å². The maximum Gasteiger partial charge on any atom is 0.405 e. The van der Waals surface area contributed by atoms with Crippen LogP contribution in [0.5, 0.6) is 11.5 Å². The fourth-order valence-corrected chi connectivity index (χ4v) is 10.2. The molecule has 2 aromatic heterocycles. The maximum absolute atomic E-state index is 14.4. The minimum Gasteiger partial charge on any atom is -0.495 e. The number of nitrogens with zero attached hydrogens (tertiary/aromatic N) is 3. The zero-order chi connectivity index (χ0) is 39.4. The molecule has 3 aliphatic carbocycles. The minimum absolute atomic E-state index is 0.0118. The number of allylic oxidation sites excluding steroid dienone is 1. The molecule has 5 aliphatic rings. The summed E-state index contributed by atoms with van der Waals surface area (Å²) in [6, 6.07) is 2.90. The van der Waals surface area contributed by atoms with E-state index >= 15 is 0 Å². The predicted octanol–water partition coefficient (Wildman–Crippen LogP) is 4.89. The highest BCUT2D eigenvalue weighted by Gasteiger charge is 2.62. The van der Waals surface area contributed by atoms with Crippen molar-refractivity contribution in [3.63, 3.8) is 0 Å². The number of carbonyl (C=O) groups is 4. The van der Waals surface area contributed by atoms with Gasteiger partial charge in [-0.3, -0.25) is 19.1 Å². The van der Waals surface area contributed by atoms with Gasteiger partial charge in [0.15, 0.2) is 0 Å². The highest BCUT2D eigenvalue weighted by Crippen LogP contribution is 2.47. The van der Waals surface area contributed by atoms with Gasteiger partial charge in [0.1, 0.15) is 50.9 Å². The molecule has 0 bridgehead atoms. The van der Waals surface area contributed by atoms with Crippen molar-refractivity contribution in [1.29, 1.82) is 0 Å². The van der Waals surface area contributed by atoms with Crippen LogP contribution in [0.2, 0.25) is 5.02 Å². The molecule has 3 saturated carbocycles. The number of amides is 4. The highest BCUT2D eigenvalue weighted by atomic mass is 35.5. The smallest absolute Gasteiger partial charge is 0.405 e. The lowest BCUT2D eigenvalue weighted by molar-refractivity contribution is -0.141. The van der Waals surface area contributed by atoms with Crippen LogP contribution in [0.1, 0.15) is 82.2 Å². The number of hydrogen-bond acceptors (Lipinski definition) is 11. The maximum atomic E-state index is 14.4. The minimum atomic E-state index is -3.92. The Morgan fingerprint density at radius 3 is 2.62 bits per heavy atom. The first-order valence-corrected chi connectivity index (χ1v) is 21.8. The summed E-state index contributed by atoms with van der Waals surface area (Å²) in [5.41, 5.74) is 0.400. The average Bonchev–Trinajstić information content (AvgIpc) is 4.11. The second kappa shape index (κ2) is 15.1. The number of ether oxygens (including phenoxy) is 2. The standard InChI is InChI=1S/C38H43ClN6O9S2/c1-53-29-14-13-24-30(16-26(40-32(24)31(29)39)34-41-27(19-55-34)20-9-10-20)54-22-15-28-33(46)43-38(36(48)44-56(51,52)23-11-12-23)17-21(38)7-5-3-2-4-6-8-25(42-37(49)50)35(47)45(28)18-22/h5,7,13-14,16,19-23,25,28,42H,2-4,6,8-12,15,17-18H2,1H3,(H,43,46)(H,44,48)(H,49,50)/t21-,22-,25+,28+,38-/m1/s1. The van der Waals surface area contributed by atoms with Gasteiger partial charge in [-0.15, -0.1) is 11.3 Å². The summed E-state index contributed by atoms with van der Waals surface area (Å²) >= 11 is 8.26. The largest absolute Gasteiger partial charge is 0.495 e. The molecule has 4 N–H and O–H groups in total. The molecule has 3 aromatic rings. The molecule has 1 aromatic carbocycles. The summed E-state index contributed by atoms with van der Waals surface area (Å²) < 4.78 is 40.0. The molecule has 0 radical (unpaired) electrons. The molecule has 56 heavy (non-hydrogen) atoms. The Morgan fingerprint density at radius 2 is 1.89 bits per heavy atom. The van der Waals surface area contributed by atoms with Crippen molar-refractivity contribution < 1.29 is 42.2 Å². The molecule has 15 nitrogen and oxygen atoms in total. The van der Waals surface area contributed by atoms with Crippen LogP contribution in [0.15, 0.2) is 35.7 Å². The SMILES string of the molecule is COc1ccc2c(O[C@@H]3C[C@H]4C(=O)N[C@]5(C(=O)NS(=O)(=O)C6CC6)C[C@H]5C=CCCCCC[C@H](NC(=O)O)C(=O)N4C3)cc(-c3nc(C4CC4)cs3)nc2c1Cl. The Labute approximate surface area is 332 Å². The number of thiazole rings is 1. The number of halogens is 1. The van der Waals surface area contributed by atoms with Crippen molar-refractivity contribution >= 4 is 67.7 Å². The van der Waals surface area contributed by atoms with Crippen LogP contribution in [0.3, 0.4) is 0 Å². The Morgan fingerprint density at radius 1 is 1.09 bits per heavy atom. The van der Waals surface area contributed by atoms with Gasteiger partial charge in [-0.2, -0.15) is 0 Å². The Balaban J connectivity index is 1.13. The number of hydrogen-bond donors (Lipinski definition) is 4. The number of carboxylic acid groups (broad SMARTS) is 1. The third-order valence-corrected chi connectivity index (χ3v) is 14.3. The van der Waals surface area contributed by atoms with Gasteiger partial charge >= 0.3 is 6.09 Å². The van der Waals surface area contributed by atoms with Crippen LogP contribution in [0.25, 0.3) is 21.6 Å². The molecule has 0 spiro atoms. The number of methoxy groups -OCH3 is 1. The van der Waals surface area contributed by atoms with Crippen LogP contribution < -0.4 is 24.8 Å². The number of carbonyl (C=O) groups excluding carboxylic acids is 3. The third-order valence-electron chi connectivity index (χ3n) is 11.2. The molecule has 298 valence electrons. The summed E-state index contributed by atoms with van der Waals surface area (Å²) in [4.78, 5) is 65.3. The van der Waals surface area contributed by atoms with Gasteiger partial charge < -0.3 is 30.1 Å². The summed E-state index contributed by atoms with van der Waals surface area (Å²) in [5.74, 6) is -1.33. The monoisotopic (exact) mass is 826 g/mol. The van der Waals surface area contributed by atoms with Gasteiger partial charge in [-0.05, 0) is 63.5 Å². The van der Waals surface area contributed by atoms with Gasteiger partial charge in [-0.25, -0.2) is 23.2 Å². The van der Waals surface area contributed by atoms with Crippen molar-refractivity contribution in [2.45, 2.75) is 106 Å². The molecular formula is C38H43ClN6O9S2. The predicted molar refractivity (Wildman–Crippen MR) is 207 cm³/mol. The number of pyridine rings is 1. The van der Waals surface area contributed by atoms with Crippen LogP contribution in [0, 0.1) is 5.92 Å². The first kappa shape index (κ1) is 38.4. The van der Waals surface area contributed by atoms with Gasteiger partial charge in [0, 0.05) is 35.1 Å². The number of sulfonamides is 1. The number of rotatable bonds is 9. The van der Waals surface area contributed by atoms with E-state index in [0.717, 1.165) is 25.0 Å². The van der Waals surface area contributed by atoms with Crippen molar-refractivity contribution in [2.75, 3.05) is 13.7 Å². The van der Waals surface area contributed by atoms with E-state index < -0.39 is 68.7 Å². The van der Waals surface area contributed by atoms with E-state index in [1.165, 1.54) is 23.3 Å². The molecule has 4 heterocycles. The van der Waals surface area contributed by atoms with Crippen LogP contribution in [-0.2, 0) is 24.4 Å². The quantitative estimate of drug-likeness (QED) is 0.214. The number of fused-ring (bicyclic) bond motifs is 3. The van der Waals surface area contributed by atoms with E-state index in [1.807, 2.05) is 17.5 Å². The molecule has 5 atom stereocenters. The Kier molecular flexibility index (Phi) is 10.4. The molecule has 18 heteroatoms. The molecule has 4 amide bonds. The third kappa shape index (κ3) is 7.77. The van der Waals surface area contributed by atoms with Gasteiger partial charge in [0.2, 0.25) is 21.8 Å². The average molecular weight is 827 g/mol. The Hall–Kier alpha value is -4.48. The number of aromatic nitrogens is 2. The second-order valence-corrected chi connectivity index (χ2v) is 18.5. The first-order valence-electron chi connectivity index (χ1n) is 19.0. The van der Waals surface area contributed by atoms with Gasteiger partial charge in [0.05, 0.1) is 30.1 Å². The fraction of sp³-hybridized carbons (Fsp3) is 0.526. The molecule has 8 rings (SSSR count). The highest BCUT2D eigenvalue weighted by molar-refractivity contribution is 7.91. The zero-order valence-electron chi connectivity index (χ0n) is 30.7. The summed E-state index contributed by atoms with van der Waals surface area (Å²) in [5, 5.41) is 17.8. The fourth-order valence-electron chi connectivity index (χ4n) is 7.72. The van der Waals surface area contributed by atoms with Crippen molar-refractivity contribution in [1.82, 2.24) is 30.2 Å². The van der Waals surface area contributed by atoms with Gasteiger partial charge in [0.25, 0.3) is 5.91 Å². The normalized spacial score (nSPS) is 27.0. The van der Waals surface area contributed by atoms with E-state index in [1.54, 1.807) is 18.2 Å². The van der Waals surface area contributed by atoms with E-state index in [0.29, 0.717) is 71.1 Å².